The van der Waals surface area contributed by atoms with Crippen LogP contribution >= 0.6 is 0 Å². The van der Waals surface area contributed by atoms with Crippen LogP contribution in [0.25, 0.3) is 0 Å². The first-order valence-electron chi connectivity index (χ1n) is 9.64. The molecule has 2 aliphatic rings. The lowest BCUT2D eigenvalue weighted by Gasteiger charge is -2.52. The summed E-state index contributed by atoms with van der Waals surface area (Å²) in [6.07, 6.45) is 3.45. The number of nitrogens with one attached hydrogen (secondary N) is 3. The first-order chi connectivity index (χ1) is 12.4. The molecule has 3 amide bonds. The van der Waals surface area contributed by atoms with Crippen molar-refractivity contribution >= 4 is 17.9 Å². The van der Waals surface area contributed by atoms with E-state index >= 15 is 0 Å². The molecular weight excluding hydrogens is 334 g/mol. The van der Waals surface area contributed by atoms with Crippen LogP contribution < -0.4 is 16.0 Å². The van der Waals surface area contributed by atoms with Crippen molar-refractivity contribution in [1.29, 1.82) is 0 Å². The van der Waals surface area contributed by atoms with Gasteiger partial charge in [0.25, 0.3) is 0 Å². The molecule has 0 spiro atoms. The maximum absolute atomic E-state index is 11.6. The van der Waals surface area contributed by atoms with Crippen LogP contribution in [-0.2, 0) is 9.53 Å². The summed E-state index contributed by atoms with van der Waals surface area (Å²) < 4.78 is 5.99. The van der Waals surface area contributed by atoms with Gasteiger partial charge in [-0.2, -0.15) is 0 Å². The first kappa shape index (κ1) is 20.5. The summed E-state index contributed by atoms with van der Waals surface area (Å²) in [5.41, 5.74) is 0.0364. The van der Waals surface area contributed by atoms with Gasteiger partial charge in [-0.25, -0.2) is 4.79 Å². The van der Waals surface area contributed by atoms with Crippen molar-refractivity contribution < 1.29 is 14.3 Å². The summed E-state index contributed by atoms with van der Waals surface area (Å²) in [6, 6.07) is -0.0565. The Balaban J connectivity index is 1.84. The molecule has 0 aromatic rings. The highest BCUT2D eigenvalue weighted by molar-refractivity contribution is 6.01. The molecule has 26 heavy (non-hydrogen) atoms. The first-order valence-corrected chi connectivity index (χ1v) is 9.64. The van der Waals surface area contributed by atoms with Crippen LogP contribution in [0.2, 0.25) is 0 Å². The van der Waals surface area contributed by atoms with Gasteiger partial charge in [-0.3, -0.25) is 14.7 Å². The fourth-order valence-corrected chi connectivity index (χ4v) is 3.21. The summed E-state index contributed by atoms with van der Waals surface area (Å²) >= 11 is 0. The largest absolute Gasteiger partial charge is 0.378 e. The molecule has 0 bridgehead atoms. The van der Waals surface area contributed by atoms with E-state index in [1.54, 1.807) is 0 Å². The highest BCUT2D eigenvalue weighted by Gasteiger charge is 2.49. The molecule has 1 aliphatic heterocycles. The minimum absolute atomic E-state index is 0.0364. The molecule has 0 aromatic heterocycles. The van der Waals surface area contributed by atoms with E-state index < -0.39 is 0 Å². The van der Waals surface area contributed by atoms with Crippen LogP contribution in [0, 0.1) is 5.41 Å². The van der Waals surface area contributed by atoms with Gasteiger partial charge in [0.15, 0.2) is 5.96 Å². The second kappa shape index (κ2) is 9.21. The number of nitrogens with zero attached hydrogens (tertiary/aromatic N) is 2. The predicted molar refractivity (Wildman–Crippen MR) is 101 cm³/mol. The molecule has 8 heteroatoms. The van der Waals surface area contributed by atoms with Gasteiger partial charge in [0.1, 0.15) is 0 Å². The predicted octanol–water partition coefficient (Wildman–Crippen LogP) is 1.08. The highest BCUT2D eigenvalue weighted by atomic mass is 16.5. The standard InChI is InChI=1S/C18H33N5O3/c1-5-7-10-26-14-11-13(18(14,3)4)22-16(19-6-2)20-8-9-23-15(24)12-21-17(23)25/h13-14H,5-12H2,1-4H3,(H,21,25)(H2,19,20,22). The molecule has 2 atom stereocenters. The van der Waals surface area contributed by atoms with Crippen LogP contribution in [0.5, 0.6) is 0 Å². The molecular formula is C18H33N5O3. The fraction of sp³-hybridized carbons (Fsp3) is 0.833. The number of hydrogen-bond donors (Lipinski definition) is 3. The molecule has 1 aliphatic carbocycles. The molecule has 1 saturated carbocycles. The Bertz CT molecular complexity index is 519. The average Bonchev–Trinajstić information content (AvgIpc) is 2.92. The molecule has 1 heterocycles. The van der Waals surface area contributed by atoms with Crippen LogP contribution in [0.15, 0.2) is 4.99 Å². The van der Waals surface area contributed by atoms with E-state index in [0.29, 0.717) is 12.5 Å². The van der Waals surface area contributed by atoms with E-state index in [0.717, 1.165) is 32.4 Å². The van der Waals surface area contributed by atoms with Crippen molar-refractivity contribution in [2.45, 2.75) is 59.1 Å². The zero-order valence-electron chi connectivity index (χ0n) is 16.4. The Labute approximate surface area is 156 Å². The maximum Gasteiger partial charge on any atom is 0.324 e. The van der Waals surface area contributed by atoms with E-state index in [-0.39, 0.29) is 42.6 Å². The Kier molecular flexibility index (Phi) is 7.25. The number of unbranched alkanes of at least 4 members (excludes halogenated alkanes) is 1. The molecule has 0 radical (unpaired) electrons. The van der Waals surface area contributed by atoms with Crippen LogP contribution in [0.1, 0.15) is 47.0 Å². The average molecular weight is 367 g/mol. The quantitative estimate of drug-likeness (QED) is 0.245. The fourth-order valence-electron chi connectivity index (χ4n) is 3.21. The summed E-state index contributed by atoms with van der Waals surface area (Å²) in [5.74, 6) is 0.514. The van der Waals surface area contributed by atoms with Crippen LogP contribution in [0.4, 0.5) is 4.79 Å². The number of aliphatic imine (C=N–C) groups is 1. The highest BCUT2D eigenvalue weighted by Crippen LogP contribution is 2.42. The van der Waals surface area contributed by atoms with E-state index in [4.69, 9.17) is 4.74 Å². The van der Waals surface area contributed by atoms with Crippen molar-refractivity contribution in [1.82, 2.24) is 20.9 Å². The third-order valence-electron chi connectivity index (χ3n) is 5.18. The van der Waals surface area contributed by atoms with E-state index in [9.17, 15) is 9.59 Å². The number of rotatable bonds is 9. The second-order valence-corrected chi connectivity index (χ2v) is 7.43. The maximum atomic E-state index is 11.6. The zero-order valence-corrected chi connectivity index (χ0v) is 16.4. The molecule has 1 saturated heterocycles. The lowest BCUT2D eigenvalue weighted by molar-refractivity contribution is -0.124. The van der Waals surface area contributed by atoms with Crippen molar-refractivity contribution in [3.8, 4) is 0 Å². The number of urea groups is 1. The van der Waals surface area contributed by atoms with Gasteiger partial charge in [-0.15, -0.1) is 0 Å². The molecule has 3 N–H and O–H groups in total. The van der Waals surface area contributed by atoms with Gasteiger partial charge < -0.3 is 20.7 Å². The number of amides is 3. The van der Waals surface area contributed by atoms with Gasteiger partial charge in [0.05, 0.1) is 25.7 Å². The van der Waals surface area contributed by atoms with Crippen molar-refractivity contribution in [3.05, 3.63) is 0 Å². The molecule has 2 unspecified atom stereocenters. The third-order valence-corrected chi connectivity index (χ3v) is 5.18. The Hall–Kier alpha value is -1.83. The Morgan fingerprint density at radius 3 is 2.73 bits per heavy atom. The Morgan fingerprint density at radius 1 is 1.38 bits per heavy atom. The lowest BCUT2D eigenvalue weighted by atomic mass is 9.64. The Morgan fingerprint density at radius 2 is 2.15 bits per heavy atom. The lowest BCUT2D eigenvalue weighted by Crippen LogP contribution is -2.63. The third kappa shape index (κ3) is 4.87. The van der Waals surface area contributed by atoms with E-state index in [1.165, 1.54) is 4.90 Å². The second-order valence-electron chi connectivity index (χ2n) is 7.43. The normalized spacial score (nSPS) is 25.1. The topological polar surface area (TPSA) is 95.1 Å². The number of hydrogen-bond acceptors (Lipinski definition) is 4. The van der Waals surface area contributed by atoms with Gasteiger partial charge in [-0.1, -0.05) is 27.2 Å². The minimum Gasteiger partial charge on any atom is -0.378 e. The van der Waals surface area contributed by atoms with Gasteiger partial charge >= 0.3 is 6.03 Å². The van der Waals surface area contributed by atoms with Gasteiger partial charge in [0, 0.05) is 24.6 Å². The molecule has 8 nitrogen and oxygen atoms in total. The number of carbonyl (C=O) groups excluding carboxylic acids is 2. The van der Waals surface area contributed by atoms with E-state index in [2.05, 4.69) is 41.7 Å². The van der Waals surface area contributed by atoms with Crippen LogP contribution in [-0.4, -0.2) is 67.7 Å². The summed E-state index contributed by atoms with van der Waals surface area (Å²) in [6.45, 7) is 10.9. The van der Waals surface area contributed by atoms with Gasteiger partial charge in [0.2, 0.25) is 5.91 Å². The van der Waals surface area contributed by atoms with Crippen molar-refractivity contribution in [2.75, 3.05) is 32.8 Å². The SMILES string of the molecule is CCCCOC1CC(NC(=NCCN2C(=O)CNC2=O)NCC)C1(C)C. The number of imide groups is 1. The van der Waals surface area contributed by atoms with Crippen LogP contribution in [0.3, 0.4) is 0 Å². The molecule has 0 aromatic carbocycles. The zero-order chi connectivity index (χ0) is 19.2. The number of carbonyl (C=O) groups is 2. The van der Waals surface area contributed by atoms with Crippen molar-refractivity contribution in [3.63, 3.8) is 0 Å². The smallest absolute Gasteiger partial charge is 0.324 e. The van der Waals surface area contributed by atoms with E-state index in [1.807, 2.05) is 6.92 Å². The summed E-state index contributed by atoms with van der Waals surface area (Å²) in [4.78, 5) is 28.9. The van der Waals surface area contributed by atoms with Crippen molar-refractivity contribution in [2.24, 2.45) is 10.4 Å². The molecule has 2 fully saturated rings. The summed E-state index contributed by atoms with van der Waals surface area (Å²) in [7, 11) is 0. The number of guanidine groups is 1. The minimum atomic E-state index is -0.338. The summed E-state index contributed by atoms with van der Waals surface area (Å²) in [5, 5.41) is 9.21. The number of ether oxygens (including phenoxy) is 1. The van der Waals surface area contributed by atoms with Gasteiger partial charge in [-0.05, 0) is 19.8 Å². The molecule has 2 rings (SSSR count). The molecule has 148 valence electrons. The monoisotopic (exact) mass is 367 g/mol.